The standard InChI is InChI=1S/C13H9Br2ClO2S/c14-6-1-2-7-9(17)5-11(18-10(7)3-6)12-4-8(15)13(16)19-12/h1-4,9,11,17H,5H2. The minimum Gasteiger partial charge on any atom is -0.484 e. The molecule has 1 aromatic heterocycles. The van der Waals surface area contributed by atoms with E-state index in [1.54, 1.807) is 0 Å². The van der Waals surface area contributed by atoms with Crippen LogP contribution in [-0.2, 0) is 0 Å². The average molecular weight is 425 g/mol. The monoisotopic (exact) mass is 422 g/mol. The average Bonchev–Trinajstić information content (AvgIpc) is 2.69. The molecular weight excluding hydrogens is 415 g/mol. The Morgan fingerprint density at radius 2 is 2.11 bits per heavy atom. The molecule has 1 aromatic carbocycles. The van der Waals surface area contributed by atoms with E-state index in [0.29, 0.717) is 10.8 Å². The molecule has 1 aliphatic rings. The summed E-state index contributed by atoms with van der Waals surface area (Å²) in [4.78, 5) is 1.02. The van der Waals surface area contributed by atoms with Crippen LogP contribution in [0.15, 0.2) is 33.2 Å². The quantitative estimate of drug-likeness (QED) is 0.657. The fourth-order valence-corrected chi connectivity index (χ4v) is 4.23. The van der Waals surface area contributed by atoms with Crippen LogP contribution in [0, 0.1) is 0 Å². The number of halogens is 3. The lowest BCUT2D eigenvalue weighted by Gasteiger charge is -2.29. The van der Waals surface area contributed by atoms with Crippen LogP contribution < -0.4 is 4.74 Å². The molecular formula is C13H9Br2ClO2S. The van der Waals surface area contributed by atoms with Gasteiger partial charge in [-0.2, -0.15) is 0 Å². The summed E-state index contributed by atoms with van der Waals surface area (Å²) >= 11 is 14.3. The van der Waals surface area contributed by atoms with Crippen LogP contribution >= 0.6 is 54.8 Å². The van der Waals surface area contributed by atoms with E-state index in [1.807, 2.05) is 24.3 Å². The Bertz CT molecular complexity index is 610. The van der Waals surface area contributed by atoms with Crippen LogP contribution in [-0.4, -0.2) is 5.11 Å². The number of rotatable bonds is 1. The van der Waals surface area contributed by atoms with Crippen molar-refractivity contribution < 1.29 is 9.84 Å². The number of ether oxygens (including phenoxy) is 1. The predicted octanol–water partition coefficient (Wildman–Crippen LogP) is 5.48. The minimum absolute atomic E-state index is 0.161. The first kappa shape index (κ1) is 13.9. The molecule has 0 radical (unpaired) electrons. The molecule has 6 heteroatoms. The lowest BCUT2D eigenvalue weighted by molar-refractivity contribution is 0.0673. The van der Waals surface area contributed by atoms with Gasteiger partial charge in [-0.15, -0.1) is 11.3 Å². The summed E-state index contributed by atoms with van der Waals surface area (Å²) in [6, 6.07) is 7.63. The van der Waals surface area contributed by atoms with Crippen molar-refractivity contribution in [2.24, 2.45) is 0 Å². The molecule has 2 nitrogen and oxygen atoms in total. The van der Waals surface area contributed by atoms with Crippen LogP contribution in [0.5, 0.6) is 5.75 Å². The number of hydrogen-bond acceptors (Lipinski definition) is 3. The van der Waals surface area contributed by atoms with Gasteiger partial charge >= 0.3 is 0 Å². The van der Waals surface area contributed by atoms with Gasteiger partial charge < -0.3 is 9.84 Å². The summed E-state index contributed by atoms with van der Waals surface area (Å²) < 4.78 is 8.48. The van der Waals surface area contributed by atoms with E-state index in [9.17, 15) is 5.11 Å². The molecule has 0 bridgehead atoms. The van der Waals surface area contributed by atoms with Crippen LogP contribution in [0.25, 0.3) is 0 Å². The molecule has 0 saturated heterocycles. The topological polar surface area (TPSA) is 29.5 Å². The van der Waals surface area contributed by atoms with E-state index in [4.69, 9.17) is 16.3 Å². The molecule has 0 spiro atoms. The fraction of sp³-hybridized carbons (Fsp3) is 0.231. The van der Waals surface area contributed by atoms with Crippen molar-refractivity contribution in [3.63, 3.8) is 0 Å². The lowest BCUT2D eigenvalue weighted by atomic mass is 9.98. The van der Waals surface area contributed by atoms with Crippen LogP contribution in [0.1, 0.15) is 29.1 Å². The summed E-state index contributed by atoms with van der Waals surface area (Å²) in [5, 5.41) is 10.2. The second-order valence-electron chi connectivity index (χ2n) is 4.31. The van der Waals surface area contributed by atoms with Crippen LogP contribution in [0.4, 0.5) is 0 Å². The number of hydrogen-bond donors (Lipinski definition) is 1. The maximum Gasteiger partial charge on any atom is 0.136 e. The first-order valence-electron chi connectivity index (χ1n) is 5.63. The van der Waals surface area contributed by atoms with Gasteiger partial charge in [-0.25, -0.2) is 0 Å². The summed E-state index contributed by atoms with van der Waals surface area (Å²) in [6.45, 7) is 0. The Kier molecular flexibility index (Phi) is 3.93. The predicted molar refractivity (Wildman–Crippen MR) is 84.1 cm³/mol. The second kappa shape index (κ2) is 5.37. The van der Waals surface area contributed by atoms with Gasteiger partial charge in [0.15, 0.2) is 0 Å². The number of thiophene rings is 1. The van der Waals surface area contributed by atoms with Gasteiger partial charge in [0.1, 0.15) is 16.2 Å². The molecule has 0 saturated carbocycles. The first-order valence-corrected chi connectivity index (χ1v) is 8.41. The van der Waals surface area contributed by atoms with Gasteiger partial charge in [-0.05, 0) is 34.1 Å². The maximum atomic E-state index is 10.2. The van der Waals surface area contributed by atoms with Crippen molar-refractivity contribution in [2.75, 3.05) is 0 Å². The molecule has 2 aromatic rings. The number of benzene rings is 1. The third-order valence-electron chi connectivity index (χ3n) is 3.02. The highest BCUT2D eigenvalue weighted by Gasteiger charge is 2.29. The van der Waals surface area contributed by atoms with Gasteiger partial charge in [0.25, 0.3) is 0 Å². The van der Waals surface area contributed by atoms with Gasteiger partial charge in [0.2, 0.25) is 0 Å². The Balaban J connectivity index is 1.96. The Hall–Kier alpha value is -0.0700. The van der Waals surface area contributed by atoms with Gasteiger partial charge in [0.05, 0.1) is 6.10 Å². The zero-order valence-electron chi connectivity index (χ0n) is 9.57. The Labute approximate surface area is 136 Å². The van der Waals surface area contributed by atoms with Crippen molar-refractivity contribution in [1.82, 2.24) is 0 Å². The zero-order chi connectivity index (χ0) is 13.6. The molecule has 3 rings (SSSR count). The molecule has 1 aliphatic heterocycles. The molecule has 2 unspecified atom stereocenters. The van der Waals surface area contributed by atoms with E-state index in [2.05, 4.69) is 31.9 Å². The molecule has 0 aliphatic carbocycles. The summed E-state index contributed by atoms with van der Waals surface area (Å²) in [5.41, 5.74) is 0.834. The second-order valence-corrected chi connectivity index (χ2v) is 7.77. The zero-order valence-corrected chi connectivity index (χ0v) is 14.3. The lowest BCUT2D eigenvalue weighted by Crippen LogP contribution is -2.18. The Morgan fingerprint density at radius 1 is 1.32 bits per heavy atom. The molecule has 0 fully saturated rings. The summed E-state index contributed by atoms with van der Waals surface area (Å²) in [6.07, 6.45) is -0.134. The maximum absolute atomic E-state index is 10.2. The highest BCUT2D eigenvalue weighted by Crippen LogP contribution is 2.45. The molecule has 1 N–H and O–H groups in total. The number of aliphatic hydroxyl groups is 1. The third kappa shape index (κ3) is 2.72. The molecule has 19 heavy (non-hydrogen) atoms. The number of fused-ring (bicyclic) bond motifs is 1. The number of aliphatic hydroxyl groups excluding tert-OH is 1. The van der Waals surface area contributed by atoms with E-state index >= 15 is 0 Å². The van der Waals surface area contributed by atoms with E-state index in [-0.39, 0.29) is 6.10 Å². The SMILES string of the molecule is OC1CC(c2cc(Br)c(Cl)s2)Oc2cc(Br)ccc21. The minimum atomic E-state index is -0.512. The van der Waals surface area contributed by atoms with E-state index < -0.39 is 6.10 Å². The normalized spacial score (nSPS) is 21.9. The molecule has 2 heterocycles. The van der Waals surface area contributed by atoms with Crippen molar-refractivity contribution >= 4 is 54.8 Å². The Morgan fingerprint density at radius 3 is 2.79 bits per heavy atom. The molecule has 2 atom stereocenters. The summed E-state index contributed by atoms with van der Waals surface area (Å²) in [7, 11) is 0. The largest absolute Gasteiger partial charge is 0.484 e. The van der Waals surface area contributed by atoms with E-state index in [1.165, 1.54) is 11.3 Å². The first-order chi connectivity index (χ1) is 9.04. The molecule has 0 amide bonds. The van der Waals surface area contributed by atoms with Gasteiger partial charge in [0, 0.05) is 25.8 Å². The van der Waals surface area contributed by atoms with E-state index in [0.717, 1.165) is 25.1 Å². The van der Waals surface area contributed by atoms with Crippen molar-refractivity contribution in [3.8, 4) is 5.75 Å². The van der Waals surface area contributed by atoms with Gasteiger partial charge in [-0.1, -0.05) is 33.6 Å². The van der Waals surface area contributed by atoms with Gasteiger partial charge in [-0.3, -0.25) is 0 Å². The highest BCUT2D eigenvalue weighted by atomic mass is 79.9. The summed E-state index contributed by atoms with van der Waals surface area (Å²) in [5.74, 6) is 0.721. The van der Waals surface area contributed by atoms with Crippen molar-refractivity contribution in [2.45, 2.75) is 18.6 Å². The molecule has 100 valence electrons. The fourth-order valence-electron chi connectivity index (χ4n) is 2.11. The van der Waals surface area contributed by atoms with Crippen molar-refractivity contribution in [1.29, 1.82) is 0 Å². The van der Waals surface area contributed by atoms with Crippen LogP contribution in [0.2, 0.25) is 4.34 Å². The highest BCUT2D eigenvalue weighted by molar-refractivity contribution is 9.10. The smallest absolute Gasteiger partial charge is 0.136 e. The van der Waals surface area contributed by atoms with Crippen LogP contribution in [0.3, 0.4) is 0 Å². The van der Waals surface area contributed by atoms with Crippen molar-refractivity contribution in [3.05, 3.63) is 48.0 Å². The third-order valence-corrected chi connectivity index (χ3v) is 6.08.